The van der Waals surface area contributed by atoms with E-state index in [1.807, 2.05) is 6.07 Å². The van der Waals surface area contributed by atoms with Gasteiger partial charge < -0.3 is 5.32 Å². The topological polar surface area (TPSA) is 12.0 Å². The quantitative estimate of drug-likeness (QED) is 0.793. The van der Waals surface area contributed by atoms with E-state index in [0.717, 1.165) is 17.6 Å². The summed E-state index contributed by atoms with van der Waals surface area (Å²) >= 11 is 7.75. The first kappa shape index (κ1) is 10.3. The Bertz CT molecular complexity index is 323. The number of hydrogen-bond acceptors (Lipinski definition) is 2. The minimum Gasteiger partial charge on any atom is -0.310 e. The van der Waals surface area contributed by atoms with Gasteiger partial charge in [-0.1, -0.05) is 11.6 Å². The van der Waals surface area contributed by atoms with Crippen LogP contribution in [0.4, 0.5) is 0 Å². The lowest BCUT2D eigenvalue weighted by molar-refractivity contribution is 0.680. The van der Waals surface area contributed by atoms with Crippen molar-refractivity contribution in [3.05, 3.63) is 28.8 Å². The summed E-state index contributed by atoms with van der Waals surface area (Å²) in [5.41, 5.74) is 1.32. The lowest BCUT2D eigenvalue weighted by Gasteiger charge is -2.08. The molecule has 1 aliphatic carbocycles. The predicted octanol–water partition coefficient (Wildman–Crippen LogP) is 3.31. The third kappa shape index (κ3) is 2.66. The van der Waals surface area contributed by atoms with Crippen molar-refractivity contribution in [2.75, 3.05) is 6.26 Å². The molecule has 1 aliphatic rings. The molecular formula is C11H14ClNS. The molecule has 1 fully saturated rings. The van der Waals surface area contributed by atoms with Crippen LogP contribution in [-0.2, 0) is 6.54 Å². The van der Waals surface area contributed by atoms with Crippen LogP contribution >= 0.6 is 23.4 Å². The Labute approximate surface area is 94.2 Å². The van der Waals surface area contributed by atoms with Crippen molar-refractivity contribution in [3.8, 4) is 0 Å². The second-order valence-electron chi connectivity index (χ2n) is 3.61. The van der Waals surface area contributed by atoms with E-state index >= 15 is 0 Å². The van der Waals surface area contributed by atoms with Crippen molar-refractivity contribution in [3.63, 3.8) is 0 Å². The van der Waals surface area contributed by atoms with Gasteiger partial charge in [0, 0.05) is 22.5 Å². The van der Waals surface area contributed by atoms with Crippen LogP contribution in [0.5, 0.6) is 0 Å². The molecule has 76 valence electrons. The summed E-state index contributed by atoms with van der Waals surface area (Å²) in [5.74, 6) is 0. The Balaban J connectivity index is 2.07. The van der Waals surface area contributed by atoms with Crippen molar-refractivity contribution in [2.45, 2.75) is 30.3 Å². The molecule has 1 saturated carbocycles. The van der Waals surface area contributed by atoms with Crippen LogP contribution in [0, 0.1) is 0 Å². The van der Waals surface area contributed by atoms with Gasteiger partial charge in [-0.2, -0.15) is 0 Å². The zero-order valence-electron chi connectivity index (χ0n) is 8.22. The number of nitrogens with one attached hydrogen (secondary N) is 1. The van der Waals surface area contributed by atoms with E-state index in [9.17, 15) is 0 Å². The van der Waals surface area contributed by atoms with Gasteiger partial charge in [0.15, 0.2) is 0 Å². The van der Waals surface area contributed by atoms with E-state index in [1.54, 1.807) is 11.8 Å². The average molecular weight is 228 g/mol. The monoisotopic (exact) mass is 227 g/mol. The van der Waals surface area contributed by atoms with E-state index in [4.69, 9.17) is 11.6 Å². The zero-order valence-corrected chi connectivity index (χ0v) is 9.79. The Morgan fingerprint density at radius 2 is 2.29 bits per heavy atom. The highest BCUT2D eigenvalue weighted by Crippen LogP contribution is 2.25. The van der Waals surface area contributed by atoms with Gasteiger partial charge in [0.1, 0.15) is 0 Å². The fraction of sp³-hybridized carbons (Fsp3) is 0.455. The minimum atomic E-state index is 0.753. The van der Waals surface area contributed by atoms with Crippen LogP contribution in [0.2, 0.25) is 5.02 Å². The van der Waals surface area contributed by atoms with Crippen molar-refractivity contribution < 1.29 is 0 Å². The molecule has 0 saturated heterocycles. The second-order valence-corrected chi connectivity index (χ2v) is 4.90. The van der Waals surface area contributed by atoms with Gasteiger partial charge in [-0.25, -0.2) is 0 Å². The van der Waals surface area contributed by atoms with Crippen LogP contribution in [0.1, 0.15) is 18.4 Å². The highest BCUT2D eigenvalue weighted by atomic mass is 35.5. The number of hydrogen-bond donors (Lipinski definition) is 1. The Hall–Kier alpha value is -0.180. The molecule has 0 amide bonds. The molecule has 1 nitrogen and oxygen atoms in total. The Morgan fingerprint density at radius 1 is 1.50 bits per heavy atom. The molecule has 0 bridgehead atoms. The largest absolute Gasteiger partial charge is 0.310 e. The summed E-state index contributed by atoms with van der Waals surface area (Å²) in [7, 11) is 0. The van der Waals surface area contributed by atoms with Gasteiger partial charge in [0.05, 0.1) is 0 Å². The fourth-order valence-corrected chi connectivity index (χ4v) is 2.22. The molecule has 0 radical (unpaired) electrons. The summed E-state index contributed by atoms with van der Waals surface area (Å²) in [6, 6.07) is 6.86. The van der Waals surface area contributed by atoms with Crippen LogP contribution in [-0.4, -0.2) is 12.3 Å². The Kier molecular flexibility index (Phi) is 3.37. The molecule has 1 aromatic rings. The van der Waals surface area contributed by atoms with Gasteiger partial charge in [0.2, 0.25) is 0 Å². The molecule has 3 heteroatoms. The number of rotatable bonds is 4. The Morgan fingerprint density at radius 3 is 2.93 bits per heavy atom. The van der Waals surface area contributed by atoms with Gasteiger partial charge in [-0.15, -0.1) is 11.8 Å². The lowest BCUT2D eigenvalue weighted by Crippen LogP contribution is -2.15. The zero-order chi connectivity index (χ0) is 9.97. The molecule has 2 rings (SSSR count). The number of benzene rings is 1. The van der Waals surface area contributed by atoms with Gasteiger partial charge in [-0.05, 0) is 42.9 Å². The van der Waals surface area contributed by atoms with Crippen molar-refractivity contribution >= 4 is 23.4 Å². The molecular weight excluding hydrogens is 214 g/mol. The van der Waals surface area contributed by atoms with Crippen LogP contribution < -0.4 is 5.32 Å². The van der Waals surface area contributed by atoms with Gasteiger partial charge in [0.25, 0.3) is 0 Å². The van der Waals surface area contributed by atoms with Crippen molar-refractivity contribution in [2.24, 2.45) is 0 Å². The molecule has 0 aromatic heterocycles. The molecule has 0 aliphatic heterocycles. The number of thioether (sulfide) groups is 1. The fourth-order valence-electron chi connectivity index (χ4n) is 1.43. The van der Waals surface area contributed by atoms with E-state index < -0.39 is 0 Å². The minimum absolute atomic E-state index is 0.753. The molecule has 0 unspecified atom stereocenters. The van der Waals surface area contributed by atoms with Crippen LogP contribution in [0.15, 0.2) is 23.1 Å². The lowest BCUT2D eigenvalue weighted by atomic mass is 10.2. The molecule has 1 aromatic carbocycles. The highest BCUT2D eigenvalue weighted by molar-refractivity contribution is 7.98. The van der Waals surface area contributed by atoms with E-state index in [0.29, 0.717) is 0 Å². The van der Waals surface area contributed by atoms with E-state index in [2.05, 4.69) is 23.7 Å². The summed E-state index contributed by atoms with van der Waals surface area (Å²) in [5, 5.41) is 4.33. The first-order valence-electron chi connectivity index (χ1n) is 4.85. The van der Waals surface area contributed by atoms with Crippen LogP contribution in [0.25, 0.3) is 0 Å². The normalized spacial score (nSPS) is 15.9. The average Bonchev–Trinajstić information content (AvgIpc) is 2.98. The first-order valence-corrected chi connectivity index (χ1v) is 6.45. The maximum atomic E-state index is 5.97. The van der Waals surface area contributed by atoms with Gasteiger partial charge >= 0.3 is 0 Å². The maximum Gasteiger partial charge on any atom is 0.0410 e. The number of halogens is 1. The van der Waals surface area contributed by atoms with E-state index in [1.165, 1.54) is 23.3 Å². The van der Waals surface area contributed by atoms with E-state index in [-0.39, 0.29) is 0 Å². The molecule has 0 spiro atoms. The maximum absolute atomic E-state index is 5.97. The van der Waals surface area contributed by atoms with Crippen molar-refractivity contribution in [1.29, 1.82) is 0 Å². The third-order valence-corrected chi connectivity index (χ3v) is 3.47. The summed E-state index contributed by atoms with van der Waals surface area (Å²) in [4.78, 5) is 1.32. The van der Waals surface area contributed by atoms with Crippen LogP contribution in [0.3, 0.4) is 0 Å². The predicted molar refractivity (Wildman–Crippen MR) is 63.1 cm³/mol. The van der Waals surface area contributed by atoms with Gasteiger partial charge in [-0.3, -0.25) is 0 Å². The smallest absolute Gasteiger partial charge is 0.0410 e. The third-order valence-electron chi connectivity index (χ3n) is 2.40. The van der Waals surface area contributed by atoms with Crippen molar-refractivity contribution in [1.82, 2.24) is 5.32 Å². The molecule has 0 heterocycles. The molecule has 0 atom stereocenters. The first-order chi connectivity index (χ1) is 6.79. The molecule has 1 N–H and O–H groups in total. The summed E-state index contributed by atoms with van der Waals surface area (Å²) < 4.78 is 0. The second kappa shape index (κ2) is 4.56. The highest BCUT2D eigenvalue weighted by Gasteiger charge is 2.20. The summed E-state index contributed by atoms with van der Waals surface area (Å²) in [6.07, 6.45) is 4.76. The SMILES string of the molecule is CSc1ccc(Cl)cc1CNC1CC1. The molecule has 14 heavy (non-hydrogen) atoms. The summed E-state index contributed by atoms with van der Waals surface area (Å²) in [6.45, 7) is 0.946. The standard InChI is InChI=1S/C11H14ClNS/c1-14-11-5-2-9(12)6-8(11)7-13-10-3-4-10/h2,5-6,10,13H,3-4,7H2,1H3.